The van der Waals surface area contributed by atoms with Gasteiger partial charge in [0.05, 0.1) is 57.3 Å². The zero-order valence-electron chi connectivity index (χ0n) is 29.6. The van der Waals surface area contributed by atoms with E-state index in [4.69, 9.17) is 33.2 Å². The van der Waals surface area contributed by atoms with Crippen LogP contribution in [0.2, 0.25) is 0 Å². The van der Waals surface area contributed by atoms with E-state index < -0.39 is 72.7 Å². The minimum atomic E-state index is -1.51. The Morgan fingerprint density at radius 2 is 1.51 bits per heavy atom. The van der Waals surface area contributed by atoms with Crippen LogP contribution in [-0.2, 0) is 46.4 Å². The maximum Gasteiger partial charge on any atom is 0.407 e. The molecule has 1 aliphatic carbocycles. The molecule has 2 aromatic rings. The van der Waals surface area contributed by atoms with E-state index in [1.54, 1.807) is 20.8 Å². The fourth-order valence-electron chi connectivity index (χ4n) is 6.26. The standard InChI is InChI=1S/C34H44N10O9/c1-34(2,3)53-33(46)39-23-14-24(40-43-36)29(27(45)28(23)50-19-22-18-47-22)52-32-26(41-44-37)31(49-17-21-12-8-5-9-13-21)30(25(51-32)15-38-42-35)48-16-20-10-6-4-7-11-20/h4-13,22-32,45H,14-19H2,1-3H3,(H,39,46)/t22-,23-,24?,25?,26?,27-,28?,29?,30+,31-,32+/m1/s1. The maximum absolute atomic E-state index is 12.8. The van der Waals surface area contributed by atoms with Crippen molar-refractivity contribution >= 4 is 6.09 Å². The van der Waals surface area contributed by atoms with E-state index in [-0.39, 0.29) is 38.9 Å². The summed E-state index contributed by atoms with van der Waals surface area (Å²) in [6.07, 6.45) is -9.23. The van der Waals surface area contributed by atoms with Gasteiger partial charge in [-0.25, -0.2) is 4.79 Å². The zero-order chi connectivity index (χ0) is 37.8. The minimum Gasteiger partial charge on any atom is -0.444 e. The predicted octanol–water partition coefficient (Wildman–Crippen LogP) is 5.38. The SMILES string of the molecule is CC(C)(C)OC(=O)N[C@@H]1CC(N=[N+]=[N-])C(O[C@@H]2OC(CN=[N+]=[N-])[C@H](OCc3ccccc3)[C@H](OCc3ccccc3)C2N=[N+]=[N-])[C@H](O)C1OC[C@H]1CO1. The quantitative estimate of drug-likeness (QED) is 0.0968. The van der Waals surface area contributed by atoms with Gasteiger partial charge >= 0.3 is 6.09 Å². The first-order chi connectivity index (χ1) is 25.6. The number of ether oxygens (including phenoxy) is 7. The third-order valence-corrected chi connectivity index (χ3v) is 8.71. The number of hydrogen-bond donors (Lipinski definition) is 2. The number of nitrogens with one attached hydrogen (secondary N) is 1. The Kier molecular flexibility index (Phi) is 14.1. The highest BCUT2D eigenvalue weighted by molar-refractivity contribution is 5.68. The first-order valence-corrected chi connectivity index (χ1v) is 17.2. The van der Waals surface area contributed by atoms with Gasteiger partial charge in [-0.05, 0) is 54.9 Å². The molecular weight excluding hydrogens is 692 g/mol. The molecule has 0 bridgehead atoms. The summed E-state index contributed by atoms with van der Waals surface area (Å²) in [4.78, 5) is 21.8. The molecule has 5 rings (SSSR count). The van der Waals surface area contributed by atoms with Crippen molar-refractivity contribution in [3.05, 3.63) is 103 Å². The van der Waals surface area contributed by atoms with Gasteiger partial charge in [0.25, 0.3) is 0 Å². The van der Waals surface area contributed by atoms with Crippen LogP contribution in [0, 0.1) is 0 Å². The number of azide groups is 3. The molecule has 1 saturated carbocycles. The van der Waals surface area contributed by atoms with Crippen LogP contribution in [0.3, 0.4) is 0 Å². The topological polar surface area (TPSA) is 264 Å². The fourth-order valence-corrected chi connectivity index (χ4v) is 6.26. The van der Waals surface area contributed by atoms with E-state index in [0.29, 0.717) is 6.61 Å². The third-order valence-electron chi connectivity index (χ3n) is 8.71. The largest absolute Gasteiger partial charge is 0.444 e. The fraction of sp³-hybridized carbons (Fsp3) is 0.618. The summed E-state index contributed by atoms with van der Waals surface area (Å²) < 4.78 is 42.4. The molecule has 3 aliphatic rings. The van der Waals surface area contributed by atoms with Crippen LogP contribution in [0.4, 0.5) is 4.79 Å². The van der Waals surface area contributed by atoms with Gasteiger partial charge in [0, 0.05) is 14.7 Å². The van der Waals surface area contributed by atoms with Crippen LogP contribution < -0.4 is 5.32 Å². The average Bonchev–Trinajstić information content (AvgIpc) is 3.96. The molecule has 2 saturated heterocycles. The Balaban J connectivity index is 1.46. The van der Waals surface area contributed by atoms with Crippen LogP contribution in [0.25, 0.3) is 31.3 Å². The van der Waals surface area contributed by atoms with Crippen molar-refractivity contribution < 1.29 is 43.1 Å². The van der Waals surface area contributed by atoms with E-state index >= 15 is 0 Å². The molecule has 1 amide bonds. The van der Waals surface area contributed by atoms with E-state index in [9.17, 15) is 26.5 Å². The first kappa shape index (κ1) is 39.6. The highest BCUT2D eigenvalue weighted by atomic mass is 16.7. The van der Waals surface area contributed by atoms with Gasteiger partial charge in [-0.1, -0.05) is 76.0 Å². The normalized spacial score (nSPS) is 30.8. The Bertz CT molecular complexity index is 1630. The molecule has 19 heteroatoms. The van der Waals surface area contributed by atoms with Gasteiger partial charge in [0.2, 0.25) is 0 Å². The second-order valence-corrected chi connectivity index (χ2v) is 13.8. The minimum absolute atomic E-state index is 0.0287. The highest BCUT2D eigenvalue weighted by Gasteiger charge is 2.52. The molecule has 5 unspecified atom stereocenters. The van der Waals surface area contributed by atoms with Crippen molar-refractivity contribution in [3.8, 4) is 0 Å². The van der Waals surface area contributed by atoms with E-state index in [2.05, 4.69) is 35.4 Å². The van der Waals surface area contributed by atoms with Crippen LogP contribution in [0.5, 0.6) is 0 Å². The molecule has 2 heterocycles. The Morgan fingerprint density at radius 3 is 2.08 bits per heavy atom. The van der Waals surface area contributed by atoms with E-state index in [0.717, 1.165) is 11.1 Å². The Hall–Kier alpha value is -4.64. The summed E-state index contributed by atoms with van der Waals surface area (Å²) in [5, 5.41) is 26.3. The zero-order valence-corrected chi connectivity index (χ0v) is 29.6. The highest BCUT2D eigenvalue weighted by Crippen LogP contribution is 2.35. The summed E-state index contributed by atoms with van der Waals surface area (Å²) in [6, 6.07) is 15.5. The number of epoxide rings is 1. The van der Waals surface area contributed by atoms with Crippen LogP contribution in [-0.4, -0.2) is 104 Å². The van der Waals surface area contributed by atoms with E-state index in [1.165, 1.54) is 0 Å². The van der Waals surface area contributed by atoms with Crippen molar-refractivity contribution in [1.82, 2.24) is 5.32 Å². The molecule has 3 fully saturated rings. The smallest absolute Gasteiger partial charge is 0.407 e. The summed E-state index contributed by atoms with van der Waals surface area (Å²) in [6.45, 7) is 5.70. The van der Waals surface area contributed by atoms with Gasteiger partial charge in [-0.15, -0.1) is 0 Å². The van der Waals surface area contributed by atoms with Gasteiger partial charge < -0.3 is 43.6 Å². The number of amides is 1. The number of carbonyl (C=O) groups is 1. The molecule has 2 N–H and O–H groups in total. The summed E-state index contributed by atoms with van der Waals surface area (Å²) in [7, 11) is 0. The Morgan fingerprint density at radius 1 is 0.887 bits per heavy atom. The molecule has 2 aliphatic heterocycles. The first-order valence-electron chi connectivity index (χ1n) is 17.2. The molecule has 0 radical (unpaired) electrons. The number of alkyl carbamates (subject to hydrolysis) is 1. The molecular formula is C34H44N10O9. The lowest BCUT2D eigenvalue weighted by Gasteiger charge is -2.48. The Labute approximate surface area is 305 Å². The van der Waals surface area contributed by atoms with Gasteiger partial charge in [0.1, 0.15) is 42.2 Å². The van der Waals surface area contributed by atoms with Gasteiger partial charge in [-0.3, -0.25) is 0 Å². The molecule has 53 heavy (non-hydrogen) atoms. The molecule has 11 atom stereocenters. The number of rotatable bonds is 16. The molecule has 2 aromatic carbocycles. The second kappa shape index (κ2) is 18.9. The lowest BCUT2D eigenvalue weighted by molar-refractivity contribution is -0.301. The second-order valence-electron chi connectivity index (χ2n) is 13.8. The number of carbonyl (C=O) groups excluding carboxylic acids is 1. The lowest BCUT2D eigenvalue weighted by atomic mass is 9.83. The predicted molar refractivity (Wildman–Crippen MR) is 187 cm³/mol. The number of benzene rings is 2. The summed E-state index contributed by atoms with van der Waals surface area (Å²) >= 11 is 0. The number of aliphatic hydroxyl groups is 1. The monoisotopic (exact) mass is 736 g/mol. The average molecular weight is 737 g/mol. The van der Waals surface area contributed by atoms with Crippen LogP contribution in [0.1, 0.15) is 38.3 Å². The van der Waals surface area contributed by atoms with Gasteiger partial charge in [-0.2, -0.15) is 0 Å². The van der Waals surface area contributed by atoms with Crippen LogP contribution >= 0.6 is 0 Å². The van der Waals surface area contributed by atoms with E-state index in [1.807, 2.05) is 60.7 Å². The van der Waals surface area contributed by atoms with Crippen molar-refractivity contribution in [2.24, 2.45) is 15.3 Å². The maximum atomic E-state index is 12.8. The van der Waals surface area contributed by atoms with Crippen molar-refractivity contribution in [2.45, 2.75) is 113 Å². The molecule has 19 nitrogen and oxygen atoms in total. The summed E-state index contributed by atoms with van der Waals surface area (Å²) in [5.41, 5.74) is 29.5. The molecule has 0 spiro atoms. The van der Waals surface area contributed by atoms with Gasteiger partial charge in [0.15, 0.2) is 6.29 Å². The number of aliphatic hydroxyl groups excluding tert-OH is 1. The van der Waals surface area contributed by atoms with Crippen LogP contribution in [0.15, 0.2) is 76.0 Å². The molecule has 0 aromatic heterocycles. The van der Waals surface area contributed by atoms with Crippen molar-refractivity contribution in [1.29, 1.82) is 0 Å². The van der Waals surface area contributed by atoms with Crippen molar-refractivity contribution in [2.75, 3.05) is 19.8 Å². The number of hydrogen-bond acceptors (Lipinski definition) is 12. The van der Waals surface area contributed by atoms with Crippen molar-refractivity contribution in [3.63, 3.8) is 0 Å². The lowest BCUT2D eigenvalue weighted by Crippen LogP contribution is -2.65. The summed E-state index contributed by atoms with van der Waals surface area (Å²) in [5.74, 6) is 0. The third kappa shape index (κ3) is 11.4. The molecule has 284 valence electrons. The number of nitrogens with zero attached hydrogens (tertiary/aromatic N) is 9.